The fourth-order valence-corrected chi connectivity index (χ4v) is 3.50. The highest BCUT2D eigenvalue weighted by Crippen LogP contribution is 2.29. The average Bonchev–Trinajstić information content (AvgIpc) is 3.38. The Labute approximate surface area is 161 Å². The highest BCUT2D eigenvalue weighted by Gasteiger charge is 2.24. The number of nitrogens with one attached hydrogen (secondary N) is 1. The van der Waals surface area contributed by atoms with Crippen molar-refractivity contribution in [3.8, 4) is 17.1 Å². The SMILES string of the molecule is Cc1ccc(-n2c(SCC(=O)NC3CC3)nnc2-c2ccccc2F)cc1. The molecule has 0 bridgehead atoms. The van der Waals surface area contributed by atoms with Gasteiger partial charge in [0.1, 0.15) is 5.82 Å². The third-order valence-electron chi connectivity index (χ3n) is 4.32. The maximum atomic E-state index is 14.4. The molecule has 27 heavy (non-hydrogen) atoms. The lowest BCUT2D eigenvalue weighted by Crippen LogP contribution is -2.27. The van der Waals surface area contributed by atoms with E-state index in [0.717, 1.165) is 24.1 Å². The summed E-state index contributed by atoms with van der Waals surface area (Å²) in [6, 6.07) is 14.7. The number of halogens is 1. The molecular weight excluding hydrogens is 363 g/mol. The van der Waals surface area contributed by atoms with E-state index in [-0.39, 0.29) is 17.5 Å². The van der Waals surface area contributed by atoms with Crippen LogP contribution in [0.3, 0.4) is 0 Å². The molecule has 2 aromatic carbocycles. The number of carbonyl (C=O) groups excluding carboxylic acids is 1. The van der Waals surface area contributed by atoms with Crippen LogP contribution in [0.4, 0.5) is 4.39 Å². The molecule has 1 amide bonds. The number of aromatic nitrogens is 3. The second-order valence-corrected chi connectivity index (χ2v) is 7.53. The number of nitrogens with zero attached hydrogens (tertiary/aromatic N) is 3. The summed E-state index contributed by atoms with van der Waals surface area (Å²) >= 11 is 1.30. The van der Waals surface area contributed by atoms with Crippen LogP contribution in [-0.2, 0) is 4.79 Å². The first-order chi connectivity index (χ1) is 13.1. The summed E-state index contributed by atoms with van der Waals surface area (Å²) < 4.78 is 16.2. The minimum absolute atomic E-state index is 0.0200. The monoisotopic (exact) mass is 382 g/mol. The van der Waals surface area contributed by atoms with E-state index >= 15 is 0 Å². The Morgan fingerprint density at radius 3 is 2.63 bits per heavy atom. The van der Waals surface area contributed by atoms with Gasteiger partial charge in [0.2, 0.25) is 5.91 Å². The van der Waals surface area contributed by atoms with Gasteiger partial charge in [-0.05, 0) is 44.0 Å². The fourth-order valence-electron chi connectivity index (χ4n) is 2.73. The minimum atomic E-state index is -0.360. The zero-order chi connectivity index (χ0) is 18.8. The summed E-state index contributed by atoms with van der Waals surface area (Å²) in [5, 5.41) is 12.0. The number of benzene rings is 2. The molecule has 138 valence electrons. The van der Waals surface area contributed by atoms with Crippen LogP contribution in [0.5, 0.6) is 0 Å². The van der Waals surface area contributed by atoms with Gasteiger partial charge >= 0.3 is 0 Å². The summed E-state index contributed by atoms with van der Waals surface area (Å²) in [4.78, 5) is 12.0. The number of amides is 1. The molecule has 1 saturated carbocycles. The molecule has 5 nitrogen and oxygen atoms in total. The van der Waals surface area contributed by atoms with Gasteiger partial charge in [-0.2, -0.15) is 0 Å². The van der Waals surface area contributed by atoms with Crippen LogP contribution in [0.1, 0.15) is 18.4 Å². The van der Waals surface area contributed by atoms with E-state index in [0.29, 0.717) is 22.6 Å². The first-order valence-corrected chi connectivity index (χ1v) is 9.80. The minimum Gasteiger partial charge on any atom is -0.353 e. The lowest BCUT2D eigenvalue weighted by atomic mass is 10.2. The van der Waals surface area contributed by atoms with Gasteiger partial charge in [0.25, 0.3) is 0 Å². The predicted molar refractivity (Wildman–Crippen MR) is 103 cm³/mol. The second kappa shape index (κ2) is 7.52. The molecule has 0 saturated heterocycles. The molecule has 3 aromatic rings. The Morgan fingerprint density at radius 1 is 1.19 bits per heavy atom. The number of carbonyl (C=O) groups is 1. The summed E-state index contributed by atoms with van der Waals surface area (Å²) in [5.41, 5.74) is 2.33. The number of aryl methyl sites for hydroxylation is 1. The van der Waals surface area contributed by atoms with E-state index in [1.807, 2.05) is 31.2 Å². The van der Waals surface area contributed by atoms with E-state index in [1.54, 1.807) is 22.8 Å². The Hall–Kier alpha value is -2.67. The zero-order valence-corrected chi connectivity index (χ0v) is 15.7. The molecule has 0 radical (unpaired) electrons. The van der Waals surface area contributed by atoms with Crippen LogP contribution in [0.2, 0.25) is 0 Å². The van der Waals surface area contributed by atoms with Gasteiger partial charge in [0, 0.05) is 11.7 Å². The Balaban J connectivity index is 1.69. The van der Waals surface area contributed by atoms with Crippen molar-refractivity contribution in [1.29, 1.82) is 0 Å². The van der Waals surface area contributed by atoms with Gasteiger partial charge < -0.3 is 5.32 Å². The first kappa shape index (κ1) is 17.7. The third-order valence-corrected chi connectivity index (χ3v) is 5.24. The van der Waals surface area contributed by atoms with Crippen molar-refractivity contribution in [1.82, 2.24) is 20.1 Å². The largest absolute Gasteiger partial charge is 0.353 e. The molecule has 1 aliphatic rings. The smallest absolute Gasteiger partial charge is 0.230 e. The van der Waals surface area contributed by atoms with E-state index in [4.69, 9.17) is 0 Å². The number of rotatable bonds is 6. The van der Waals surface area contributed by atoms with Crippen molar-refractivity contribution in [3.05, 3.63) is 59.9 Å². The Kier molecular flexibility index (Phi) is 4.94. The van der Waals surface area contributed by atoms with E-state index in [9.17, 15) is 9.18 Å². The molecule has 1 aliphatic carbocycles. The second-order valence-electron chi connectivity index (χ2n) is 6.59. The molecule has 7 heteroatoms. The van der Waals surface area contributed by atoms with Crippen molar-refractivity contribution >= 4 is 17.7 Å². The van der Waals surface area contributed by atoms with Gasteiger partial charge in [-0.1, -0.05) is 41.6 Å². The van der Waals surface area contributed by atoms with Gasteiger partial charge in [-0.25, -0.2) is 4.39 Å². The normalized spacial score (nSPS) is 13.6. The van der Waals surface area contributed by atoms with Crippen molar-refractivity contribution in [2.75, 3.05) is 5.75 Å². The number of thioether (sulfide) groups is 1. The van der Waals surface area contributed by atoms with Crippen LogP contribution < -0.4 is 5.32 Å². The number of hydrogen-bond acceptors (Lipinski definition) is 4. The van der Waals surface area contributed by atoms with E-state index in [1.165, 1.54) is 17.8 Å². The summed E-state index contributed by atoms with van der Waals surface area (Å²) in [7, 11) is 0. The Bertz CT molecular complexity index is 966. The average molecular weight is 382 g/mol. The van der Waals surface area contributed by atoms with Gasteiger partial charge in [-0.3, -0.25) is 9.36 Å². The quantitative estimate of drug-likeness (QED) is 0.660. The maximum absolute atomic E-state index is 14.4. The van der Waals surface area contributed by atoms with Crippen LogP contribution >= 0.6 is 11.8 Å². The maximum Gasteiger partial charge on any atom is 0.230 e. The third kappa shape index (κ3) is 4.03. The lowest BCUT2D eigenvalue weighted by Gasteiger charge is -2.11. The molecule has 1 N–H and O–H groups in total. The van der Waals surface area contributed by atoms with Gasteiger partial charge in [-0.15, -0.1) is 10.2 Å². The molecule has 0 atom stereocenters. The van der Waals surface area contributed by atoms with Crippen LogP contribution in [0.15, 0.2) is 53.7 Å². The van der Waals surface area contributed by atoms with Crippen LogP contribution in [-0.4, -0.2) is 32.5 Å². The highest BCUT2D eigenvalue weighted by molar-refractivity contribution is 7.99. The highest BCUT2D eigenvalue weighted by atomic mass is 32.2. The number of hydrogen-bond donors (Lipinski definition) is 1. The van der Waals surface area contributed by atoms with Crippen molar-refractivity contribution in [3.63, 3.8) is 0 Å². The standard InChI is InChI=1S/C20H19FN4OS/c1-13-6-10-15(11-7-13)25-19(16-4-2-3-5-17(16)21)23-24-20(25)27-12-18(26)22-14-8-9-14/h2-7,10-11,14H,8-9,12H2,1H3,(H,22,26). The van der Waals surface area contributed by atoms with E-state index < -0.39 is 0 Å². The lowest BCUT2D eigenvalue weighted by molar-refractivity contribution is -0.118. The Morgan fingerprint density at radius 2 is 1.93 bits per heavy atom. The first-order valence-electron chi connectivity index (χ1n) is 8.81. The molecule has 0 unspecified atom stereocenters. The fraction of sp³-hybridized carbons (Fsp3) is 0.250. The van der Waals surface area contributed by atoms with Crippen molar-refractivity contribution in [2.45, 2.75) is 31.0 Å². The summed E-state index contributed by atoms with van der Waals surface area (Å²) in [6.45, 7) is 2.01. The van der Waals surface area contributed by atoms with Crippen LogP contribution in [0, 0.1) is 12.7 Å². The topological polar surface area (TPSA) is 59.8 Å². The van der Waals surface area contributed by atoms with E-state index in [2.05, 4.69) is 15.5 Å². The molecule has 0 spiro atoms. The van der Waals surface area contributed by atoms with Crippen molar-refractivity contribution < 1.29 is 9.18 Å². The summed E-state index contributed by atoms with van der Waals surface area (Å²) in [5.74, 6) is 0.286. The zero-order valence-electron chi connectivity index (χ0n) is 14.9. The van der Waals surface area contributed by atoms with Gasteiger partial charge in [0.15, 0.2) is 11.0 Å². The molecule has 1 heterocycles. The van der Waals surface area contributed by atoms with Gasteiger partial charge in [0.05, 0.1) is 11.3 Å². The molecule has 0 aliphatic heterocycles. The van der Waals surface area contributed by atoms with Crippen molar-refractivity contribution in [2.24, 2.45) is 0 Å². The van der Waals surface area contributed by atoms with Crippen LogP contribution in [0.25, 0.3) is 17.1 Å². The summed E-state index contributed by atoms with van der Waals surface area (Å²) in [6.07, 6.45) is 2.10. The molecule has 4 rings (SSSR count). The molecule has 1 fully saturated rings. The predicted octanol–water partition coefficient (Wildman–Crippen LogP) is 3.75. The molecule has 1 aromatic heterocycles. The molecular formula is C20H19FN4OS.